The molecule has 0 atom stereocenters. The maximum atomic E-state index is 4.61. The fraction of sp³-hybridized carbons (Fsp3) is 0.182. The number of thioether (sulfide) groups is 1. The molecular formula is C11H9N3S2. The predicted octanol–water partition coefficient (Wildman–Crippen LogP) is 3.35. The molecule has 0 aliphatic heterocycles. The van der Waals surface area contributed by atoms with E-state index in [0.29, 0.717) is 0 Å². The van der Waals surface area contributed by atoms with Crippen molar-refractivity contribution in [1.29, 1.82) is 0 Å². The van der Waals surface area contributed by atoms with E-state index in [4.69, 9.17) is 0 Å². The number of hydrogen-bond donors (Lipinski definition) is 0. The first-order chi connectivity index (χ1) is 7.88. The highest BCUT2D eigenvalue weighted by atomic mass is 32.2. The second-order valence-corrected chi connectivity index (χ2v) is 5.79. The van der Waals surface area contributed by atoms with Crippen molar-refractivity contribution in [2.45, 2.75) is 11.3 Å². The van der Waals surface area contributed by atoms with Crippen LogP contribution in [0.4, 0.5) is 0 Å². The van der Waals surface area contributed by atoms with E-state index in [9.17, 15) is 0 Å². The zero-order valence-electron chi connectivity index (χ0n) is 8.67. The van der Waals surface area contributed by atoms with Gasteiger partial charge in [0.2, 0.25) is 0 Å². The maximum Gasteiger partial charge on any atom is 0.151 e. The highest BCUT2D eigenvalue weighted by Crippen LogP contribution is 2.32. The Hall–Kier alpha value is -1.20. The molecule has 0 radical (unpaired) electrons. The third kappa shape index (κ3) is 1.56. The van der Waals surface area contributed by atoms with Crippen LogP contribution in [0.25, 0.3) is 21.3 Å². The second-order valence-electron chi connectivity index (χ2n) is 3.25. The van der Waals surface area contributed by atoms with E-state index in [2.05, 4.69) is 27.9 Å². The minimum Gasteiger partial charge on any atom is -0.253 e. The summed E-state index contributed by atoms with van der Waals surface area (Å²) in [6.45, 7) is 2.13. The van der Waals surface area contributed by atoms with E-state index < -0.39 is 0 Å². The molecule has 0 unspecified atom stereocenters. The number of fused-ring (bicyclic) bond motifs is 3. The van der Waals surface area contributed by atoms with Crippen LogP contribution in [0.2, 0.25) is 0 Å². The van der Waals surface area contributed by atoms with Crippen LogP contribution in [0, 0.1) is 0 Å². The van der Waals surface area contributed by atoms with Crippen LogP contribution < -0.4 is 0 Å². The highest BCUT2D eigenvalue weighted by molar-refractivity contribution is 8.01. The largest absolute Gasteiger partial charge is 0.253 e. The number of rotatable bonds is 2. The summed E-state index contributed by atoms with van der Waals surface area (Å²) in [5.74, 6) is 1.05. The Balaban J connectivity index is 2.32. The lowest BCUT2D eigenvalue weighted by molar-refractivity contribution is 1.27. The molecule has 0 spiro atoms. The third-order valence-electron chi connectivity index (χ3n) is 2.24. The van der Waals surface area contributed by atoms with Crippen LogP contribution in [-0.2, 0) is 0 Å². The Bertz CT molecular complexity index is 648. The van der Waals surface area contributed by atoms with Gasteiger partial charge < -0.3 is 0 Å². The smallest absolute Gasteiger partial charge is 0.151 e. The summed E-state index contributed by atoms with van der Waals surface area (Å²) in [7, 11) is 0. The molecule has 3 aromatic rings. The van der Waals surface area contributed by atoms with Gasteiger partial charge >= 0.3 is 0 Å². The predicted molar refractivity (Wildman–Crippen MR) is 69.1 cm³/mol. The molecule has 0 N–H and O–H groups in total. The fourth-order valence-corrected chi connectivity index (χ4v) is 3.55. The van der Waals surface area contributed by atoms with Crippen molar-refractivity contribution >= 4 is 44.3 Å². The minimum atomic E-state index is 0.902. The molecule has 2 heterocycles. The standard InChI is InChI=1S/C11H9N3S2/c1-2-15-11-14-10-8(16-11)4-3-7-9(10)13-6-5-12-7/h3-6H,2H2,1H3. The lowest BCUT2D eigenvalue weighted by Gasteiger charge is -1.94. The summed E-state index contributed by atoms with van der Waals surface area (Å²) in [6, 6.07) is 4.08. The van der Waals surface area contributed by atoms with Gasteiger partial charge in [0.1, 0.15) is 11.0 Å². The van der Waals surface area contributed by atoms with Gasteiger partial charge in [0, 0.05) is 12.4 Å². The van der Waals surface area contributed by atoms with E-state index in [1.807, 2.05) is 6.07 Å². The summed E-state index contributed by atoms with van der Waals surface area (Å²) < 4.78 is 2.29. The van der Waals surface area contributed by atoms with E-state index in [0.717, 1.165) is 26.6 Å². The van der Waals surface area contributed by atoms with Crippen molar-refractivity contribution in [2.24, 2.45) is 0 Å². The lowest BCUT2D eigenvalue weighted by Crippen LogP contribution is -1.82. The monoisotopic (exact) mass is 247 g/mol. The van der Waals surface area contributed by atoms with Crippen LogP contribution in [0.5, 0.6) is 0 Å². The molecule has 3 nitrogen and oxygen atoms in total. The topological polar surface area (TPSA) is 38.7 Å². The highest BCUT2D eigenvalue weighted by Gasteiger charge is 2.08. The molecule has 0 aliphatic carbocycles. The van der Waals surface area contributed by atoms with E-state index >= 15 is 0 Å². The molecule has 0 bridgehead atoms. The molecule has 3 rings (SSSR count). The van der Waals surface area contributed by atoms with E-state index in [1.165, 1.54) is 4.70 Å². The van der Waals surface area contributed by atoms with Crippen LogP contribution in [0.15, 0.2) is 28.9 Å². The Morgan fingerprint density at radius 1 is 1.19 bits per heavy atom. The fourth-order valence-electron chi connectivity index (χ4n) is 1.59. The first-order valence-corrected chi connectivity index (χ1v) is 6.82. The van der Waals surface area contributed by atoms with Gasteiger partial charge in [-0.25, -0.2) is 4.98 Å². The summed E-state index contributed by atoms with van der Waals surface area (Å²) in [4.78, 5) is 13.2. The molecular weight excluding hydrogens is 238 g/mol. The molecule has 16 heavy (non-hydrogen) atoms. The molecule has 5 heteroatoms. The number of aromatic nitrogens is 3. The third-order valence-corrected chi connectivity index (χ3v) is 4.29. The Morgan fingerprint density at radius 2 is 2.06 bits per heavy atom. The molecule has 0 saturated heterocycles. The zero-order chi connectivity index (χ0) is 11.0. The summed E-state index contributed by atoms with van der Waals surface area (Å²) in [5, 5.41) is 0. The average Bonchev–Trinajstić information content (AvgIpc) is 2.72. The number of benzene rings is 1. The SMILES string of the molecule is CCSc1nc2c(ccc3nccnc32)s1. The van der Waals surface area contributed by atoms with Crippen LogP contribution in [0.1, 0.15) is 6.92 Å². The molecule has 0 aliphatic rings. The van der Waals surface area contributed by atoms with Gasteiger partial charge in [0.15, 0.2) is 4.34 Å². The molecule has 0 amide bonds. The van der Waals surface area contributed by atoms with Gasteiger partial charge in [-0.15, -0.1) is 11.3 Å². The normalized spacial score (nSPS) is 11.3. The van der Waals surface area contributed by atoms with Crippen LogP contribution >= 0.6 is 23.1 Å². The molecule has 1 aromatic carbocycles. The van der Waals surface area contributed by atoms with Gasteiger partial charge in [-0.3, -0.25) is 9.97 Å². The second kappa shape index (κ2) is 3.99. The summed E-state index contributed by atoms with van der Waals surface area (Å²) in [6.07, 6.45) is 3.43. The van der Waals surface area contributed by atoms with Crippen molar-refractivity contribution in [2.75, 3.05) is 5.75 Å². The minimum absolute atomic E-state index is 0.902. The Labute approximate surface area is 101 Å². The number of thiazole rings is 1. The molecule has 2 aromatic heterocycles. The first-order valence-electron chi connectivity index (χ1n) is 5.01. The van der Waals surface area contributed by atoms with Crippen LogP contribution in [0.3, 0.4) is 0 Å². The van der Waals surface area contributed by atoms with Gasteiger partial charge in [-0.1, -0.05) is 18.7 Å². The number of nitrogens with zero attached hydrogens (tertiary/aromatic N) is 3. The van der Waals surface area contributed by atoms with Gasteiger partial charge in [-0.05, 0) is 17.9 Å². The molecule has 0 fully saturated rings. The average molecular weight is 247 g/mol. The Kier molecular flexibility index (Phi) is 2.49. The van der Waals surface area contributed by atoms with Gasteiger partial charge in [0.25, 0.3) is 0 Å². The lowest BCUT2D eigenvalue weighted by atomic mass is 10.3. The van der Waals surface area contributed by atoms with Crippen LogP contribution in [-0.4, -0.2) is 20.7 Å². The quantitative estimate of drug-likeness (QED) is 0.651. The van der Waals surface area contributed by atoms with Crippen molar-refractivity contribution < 1.29 is 0 Å². The van der Waals surface area contributed by atoms with E-state index in [1.54, 1.807) is 35.5 Å². The number of hydrogen-bond acceptors (Lipinski definition) is 5. The van der Waals surface area contributed by atoms with Crippen molar-refractivity contribution in [3.8, 4) is 0 Å². The first kappa shape index (κ1) is 9.99. The summed E-state index contributed by atoms with van der Waals surface area (Å²) in [5.41, 5.74) is 2.79. The Morgan fingerprint density at radius 3 is 2.94 bits per heavy atom. The van der Waals surface area contributed by atoms with Crippen molar-refractivity contribution in [3.05, 3.63) is 24.5 Å². The molecule has 0 saturated carbocycles. The van der Waals surface area contributed by atoms with E-state index in [-0.39, 0.29) is 0 Å². The maximum absolute atomic E-state index is 4.61. The zero-order valence-corrected chi connectivity index (χ0v) is 10.3. The van der Waals surface area contributed by atoms with Crippen molar-refractivity contribution in [1.82, 2.24) is 15.0 Å². The summed E-state index contributed by atoms with van der Waals surface area (Å²) >= 11 is 3.49. The van der Waals surface area contributed by atoms with Gasteiger partial charge in [-0.2, -0.15) is 0 Å². The molecule has 80 valence electrons. The van der Waals surface area contributed by atoms with Gasteiger partial charge in [0.05, 0.1) is 10.2 Å². The van der Waals surface area contributed by atoms with Crippen molar-refractivity contribution in [3.63, 3.8) is 0 Å².